The van der Waals surface area contributed by atoms with Crippen LogP contribution in [0, 0.1) is 13.8 Å². The highest BCUT2D eigenvalue weighted by Gasteiger charge is 2.16. The van der Waals surface area contributed by atoms with Crippen molar-refractivity contribution in [3.05, 3.63) is 81.2 Å². The van der Waals surface area contributed by atoms with E-state index in [1.54, 1.807) is 12.1 Å². The van der Waals surface area contributed by atoms with E-state index in [1.807, 2.05) is 56.3 Å². The number of H-pyrrole nitrogens is 1. The Morgan fingerprint density at radius 1 is 1.17 bits per heavy atom. The molecule has 0 aliphatic rings. The molecule has 4 rings (SSSR count). The highest BCUT2D eigenvalue weighted by Crippen LogP contribution is 2.23. The molecule has 2 heterocycles. The normalized spacial score (nSPS) is 11.0. The topological polar surface area (TPSA) is 79.8 Å². The first kappa shape index (κ1) is 20.3. The molecule has 8 heteroatoms. The zero-order valence-corrected chi connectivity index (χ0v) is 18.0. The standard InChI is InChI=1S/C22H19ClN4O2S/c1-13-8-9-15(23)11-17(13)25-19(28)12-30-22-26-18-10-14(2)24-20(18)21(29)27(22)16-6-4-3-5-7-16/h3-11,24H,12H2,1-2H3,(H,25,28). The molecule has 0 unspecified atom stereocenters. The highest BCUT2D eigenvalue weighted by molar-refractivity contribution is 7.99. The van der Waals surface area contributed by atoms with E-state index in [4.69, 9.17) is 11.6 Å². The lowest BCUT2D eigenvalue weighted by Crippen LogP contribution is -2.23. The van der Waals surface area contributed by atoms with Gasteiger partial charge >= 0.3 is 0 Å². The largest absolute Gasteiger partial charge is 0.353 e. The predicted molar refractivity (Wildman–Crippen MR) is 122 cm³/mol. The van der Waals surface area contributed by atoms with Gasteiger partial charge in [0.15, 0.2) is 5.16 Å². The van der Waals surface area contributed by atoms with Crippen molar-refractivity contribution in [2.24, 2.45) is 0 Å². The summed E-state index contributed by atoms with van der Waals surface area (Å²) in [7, 11) is 0. The average Bonchev–Trinajstić information content (AvgIpc) is 3.10. The maximum atomic E-state index is 13.1. The van der Waals surface area contributed by atoms with E-state index in [0.717, 1.165) is 11.3 Å². The summed E-state index contributed by atoms with van der Waals surface area (Å²) >= 11 is 7.24. The number of amides is 1. The molecule has 0 saturated heterocycles. The first-order chi connectivity index (χ1) is 14.4. The van der Waals surface area contributed by atoms with Crippen LogP contribution in [0.1, 0.15) is 11.3 Å². The van der Waals surface area contributed by atoms with E-state index >= 15 is 0 Å². The fourth-order valence-electron chi connectivity index (χ4n) is 3.12. The van der Waals surface area contributed by atoms with Gasteiger partial charge in [-0.3, -0.25) is 14.2 Å². The van der Waals surface area contributed by atoms with E-state index in [1.165, 1.54) is 16.3 Å². The zero-order chi connectivity index (χ0) is 21.3. The van der Waals surface area contributed by atoms with Crippen molar-refractivity contribution < 1.29 is 4.79 Å². The Hall–Kier alpha value is -3.03. The Morgan fingerprint density at radius 2 is 1.93 bits per heavy atom. The van der Waals surface area contributed by atoms with Gasteiger partial charge in [-0.15, -0.1) is 0 Å². The monoisotopic (exact) mass is 438 g/mol. The highest BCUT2D eigenvalue weighted by atomic mass is 35.5. The van der Waals surface area contributed by atoms with Crippen molar-refractivity contribution >= 4 is 46.0 Å². The summed E-state index contributed by atoms with van der Waals surface area (Å²) in [5.41, 5.74) is 3.95. The number of hydrogen-bond donors (Lipinski definition) is 2. The zero-order valence-electron chi connectivity index (χ0n) is 16.4. The van der Waals surface area contributed by atoms with Crippen LogP contribution in [0.2, 0.25) is 5.02 Å². The average molecular weight is 439 g/mol. The third-order valence-corrected chi connectivity index (χ3v) is 5.75. The molecule has 30 heavy (non-hydrogen) atoms. The number of carbonyl (C=O) groups excluding carboxylic acids is 1. The van der Waals surface area contributed by atoms with Gasteiger partial charge in [-0.25, -0.2) is 4.98 Å². The van der Waals surface area contributed by atoms with Gasteiger partial charge in [-0.2, -0.15) is 0 Å². The van der Waals surface area contributed by atoms with Crippen molar-refractivity contribution in [3.8, 4) is 5.69 Å². The minimum atomic E-state index is -0.204. The number of fused-ring (bicyclic) bond motifs is 1. The summed E-state index contributed by atoms with van der Waals surface area (Å²) in [4.78, 5) is 33.4. The van der Waals surface area contributed by atoms with Crippen LogP contribution in [0.25, 0.3) is 16.7 Å². The van der Waals surface area contributed by atoms with Gasteiger partial charge in [0.25, 0.3) is 5.56 Å². The van der Waals surface area contributed by atoms with Gasteiger partial charge in [0.2, 0.25) is 5.91 Å². The Labute approximate surface area is 182 Å². The van der Waals surface area contributed by atoms with Crippen LogP contribution in [0.5, 0.6) is 0 Å². The minimum absolute atomic E-state index is 0.0974. The van der Waals surface area contributed by atoms with Gasteiger partial charge in [-0.05, 0) is 49.7 Å². The van der Waals surface area contributed by atoms with E-state index < -0.39 is 0 Å². The Kier molecular flexibility index (Phi) is 5.65. The molecule has 0 aliphatic heterocycles. The molecule has 6 nitrogen and oxygen atoms in total. The fourth-order valence-corrected chi connectivity index (χ4v) is 4.11. The number of nitrogens with one attached hydrogen (secondary N) is 2. The summed E-state index contributed by atoms with van der Waals surface area (Å²) in [6.45, 7) is 3.78. The Bertz CT molecular complexity index is 1300. The van der Waals surface area contributed by atoms with Crippen molar-refractivity contribution in [2.75, 3.05) is 11.1 Å². The molecule has 0 spiro atoms. The molecule has 0 bridgehead atoms. The van der Waals surface area contributed by atoms with Crippen LogP contribution in [0.15, 0.2) is 64.5 Å². The fraction of sp³-hybridized carbons (Fsp3) is 0.136. The molecule has 2 aromatic carbocycles. The van der Waals surface area contributed by atoms with Crippen LogP contribution in [0.3, 0.4) is 0 Å². The molecule has 0 atom stereocenters. The molecule has 152 valence electrons. The van der Waals surface area contributed by atoms with Crippen LogP contribution in [-0.2, 0) is 4.79 Å². The number of hydrogen-bond acceptors (Lipinski definition) is 4. The number of nitrogens with zero attached hydrogens (tertiary/aromatic N) is 2. The maximum absolute atomic E-state index is 13.1. The van der Waals surface area contributed by atoms with Gasteiger partial charge < -0.3 is 10.3 Å². The number of benzene rings is 2. The summed E-state index contributed by atoms with van der Waals surface area (Å²) in [5, 5.41) is 3.88. The number of halogens is 1. The summed E-state index contributed by atoms with van der Waals surface area (Å²) in [5.74, 6) is -0.107. The van der Waals surface area contributed by atoms with Gasteiger partial charge in [-0.1, -0.05) is 47.6 Å². The number of rotatable bonds is 5. The lowest BCUT2D eigenvalue weighted by molar-refractivity contribution is -0.113. The van der Waals surface area contributed by atoms with Crippen LogP contribution in [0.4, 0.5) is 5.69 Å². The van der Waals surface area contributed by atoms with E-state index in [-0.39, 0.29) is 17.2 Å². The number of anilines is 1. The van der Waals surface area contributed by atoms with Gasteiger partial charge in [0.05, 0.1) is 17.0 Å². The summed E-state index contributed by atoms with van der Waals surface area (Å²) in [6, 6.07) is 16.4. The lowest BCUT2D eigenvalue weighted by atomic mass is 10.2. The van der Waals surface area contributed by atoms with Gasteiger partial charge in [0, 0.05) is 16.4 Å². The van der Waals surface area contributed by atoms with E-state index in [9.17, 15) is 9.59 Å². The molecular formula is C22H19ClN4O2S. The predicted octanol–water partition coefficient (Wildman–Crippen LogP) is 4.71. The van der Waals surface area contributed by atoms with Crippen molar-refractivity contribution in [2.45, 2.75) is 19.0 Å². The lowest BCUT2D eigenvalue weighted by Gasteiger charge is -2.12. The minimum Gasteiger partial charge on any atom is -0.353 e. The molecule has 1 amide bonds. The molecule has 0 aliphatic carbocycles. The second kappa shape index (κ2) is 8.38. The number of thioether (sulfide) groups is 1. The molecular weight excluding hydrogens is 420 g/mol. The molecule has 0 saturated carbocycles. The number of aromatic nitrogens is 3. The molecule has 2 aromatic heterocycles. The number of carbonyl (C=O) groups is 1. The van der Waals surface area contributed by atoms with Crippen LogP contribution >= 0.6 is 23.4 Å². The quantitative estimate of drug-likeness (QED) is 0.349. The Morgan fingerprint density at radius 3 is 2.70 bits per heavy atom. The van der Waals surface area contributed by atoms with E-state index in [0.29, 0.717) is 32.6 Å². The Balaban J connectivity index is 1.65. The second-order valence-electron chi connectivity index (χ2n) is 6.88. The van der Waals surface area contributed by atoms with Gasteiger partial charge in [0.1, 0.15) is 5.52 Å². The number of aromatic amines is 1. The second-order valence-corrected chi connectivity index (χ2v) is 8.26. The third-order valence-electron chi connectivity index (χ3n) is 4.58. The maximum Gasteiger partial charge on any atom is 0.283 e. The molecule has 4 aromatic rings. The SMILES string of the molecule is Cc1cc2nc(SCC(=O)Nc3cc(Cl)ccc3C)n(-c3ccccc3)c(=O)c2[nH]1. The van der Waals surface area contributed by atoms with Crippen LogP contribution < -0.4 is 10.9 Å². The first-order valence-electron chi connectivity index (χ1n) is 9.29. The van der Waals surface area contributed by atoms with Crippen molar-refractivity contribution in [1.82, 2.24) is 14.5 Å². The third kappa shape index (κ3) is 4.13. The molecule has 0 radical (unpaired) electrons. The van der Waals surface area contributed by atoms with E-state index in [2.05, 4.69) is 15.3 Å². The smallest absolute Gasteiger partial charge is 0.283 e. The molecule has 0 fully saturated rings. The van der Waals surface area contributed by atoms with Crippen LogP contribution in [-0.4, -0.2) is 26.2 Å². The number of para-hydroxylation sites is 1. The number of aryl methyl sites for hydroxylation is 2. The first-order valence-corrected chi connectivity index (χ1v) is 10.7. The van der Waals surface area contributed by atoms with Crippen molar-refractivity contribution in [3.63, 3.8) is 0 Å². The summed E-state index contributed by atoms with van der Waals surface area (Å²) < 4.78 is 1.53. The molecule has 2 N–H and O–H groups in total. The summed E-state index contributed by atoms with van der Waals surface area (Å²) in [6.07, 6.45) is 0. The van der Waals surface area contributed by atoms with Crippen molar-refractivity contribution in [1.29, 1.82) is 0 Å².